The lowest BCUT2D eigenvalue weighted by Crippen LogP contribution is -2.25. The zero-order valence-electron chi connectivity index (χ0n) is 13.7. The molecule has 1 aliphatic carbocycles. The van der Waals surface area contributed by atoms with Crippen LogP contribution in [0.3, 0.4) is 0 Å². The molecule has 1 aliphatic rings. The average Bonchev–Trinajstić information content (AvgIpc) is 3.34. The second-order valence-electron chi connectivity index (χ2n) is 6.42. The van der Waals surface area contributed by atoms with Crippen LogP contribution < -0.4 is 0 Å². The standard InChI is InChI=1S/C20H18F2N2O/c21-16-5-1-3-14(9-16)11-24(19-7-8-19)12-18-13-25-20(23-18)15-4-2-6-17(22)10-15/h1-6,9-10,13,19H,7-8,11-12H2. The number of rotatable bonds is 6. The summed E-state index contributed by atoms with van der Waals surface area (Å²) in [6.07, 6.45) is 3.90. The first-order valence-electron chi connectivity index (χ1n) is 8.36. The van der Waals surface area contributed by atoms with E-state index >= 15 is 0 Å². The van der Waals surface area contributed by atoms with Crippen LogP contribution in [0.1, 0.15) is 24.1 Å². The topological polar surface area (TPSA) is 29.3 Å². The van der Waals surface area contributed by atoms with E-state index in [9.17, 15) is 8.78 Å². The second kappa shape index (κ2) is 6.76. The molecule has 5 heteroatoms. The first kappa shape index (κ1) is 16.0. The van der Waals surface area contributed by atoms with Crippen LogP contribution in [0.15, 0.2) is 59.2 Å². The maximum Gasteiger partial charge on any atom is 0.226 e. The van der Waals surface area contributed by atoms with Gasteiger partial charge in [-0.05, 0) is 48.7 Å². The van der Waals surface area contributed by atoms with Crippen LogP contribution in [-0.2, 0) is 13.1 Å². The maximum absolute atomic E-state index is 13.4. The number of oxazole rings is 1. The third-order valence-electron chi connectivity index (χ3n) is 4.33. The number of hydrogen-bond donors (Lipinski definition) is 0. The molecule has 1 aromatic heterocycles. The molecular formula is C20H18F2N2O. The predicted octanol–water partition coefficient (Wildman–Crippen LogP) is 4.78. The predicted molar refractivity (Wildman–Crippen MR) is 90.6 cm³/mol. The average molecular weight is 340 g/mol. The van der Waals surface area contributed by atoms with E-state index in [0.29, 0.717) is 30.6 Å². The highest BCUT2D eigenvalue weighted by Crippen LogP contribution is 2.30. The van der Waals surface area contributed by atoms with Gasteiger partial charge < -0.3 is 4.42 Å². The third kappa shape index (κ3) is 3.94. The second-order valence-corrected chi connectivity index (χ2v) is 6.42. The number of benzene rings is 2. The van der Waals surface area contributed by atoms with Crippen LogP contribution in [-0.4, -0.2) is 15.9 Å². The molecule has 0 saturated heterocycles. The van der Waals surface area contributed by atoms with E-state index in [1.165, 1.54) is 18.2 Å². The highest BCUT2D eigenvalue weighted by Gasteiger charge is 2.29. The summed E-state index contributed by atoms with van der Waals surface area (Å²) in [6, 6.07) is 13.4. The third-order valence-corrected chi connectivity index (χ3v) is 4.33. The van der Waals surface area contributed by atoms with E-state index in [4.69, 9.17) is 4.42 Å². The van der Waals surface area contributed by atoms with E-state index in [2.05, 4.69) is 9.88 Å². The lowest BCUT2D eigenvalue weighted by molar-refractivity contribution is 0.242. The van der Waals surface area contributed by atoms with Crippen molar-refractivity contribution in [3.63, 3.8) is 0 Å². The number of halogens is 2. The summed E-state index contributed by atoms with van der Waals surface area (Å²) in [7, 11) is 0. The van der Waals surface area contributed by atoms with Crippen molar-refractivity contribution in [1.29, 1.82) is 0 Å². The molecule has 1 saturated carbocycles. The summed E-state index contributed by atoms with van der Waals surface area (Å²) < 4.78 is 32.3. The largest absolute Gasteiger partial charge is 0.444 e. The van der Waals surface area contributed by atoms with Crippen LogP contribution in [0.2, 0.25) is 0 Å². The molecule has 1 heterocycles. The van der Waals surface area contributed by atoms with Gasteiger partial charge in [0.1, 0.15) is 17.9 Å². The highest BCUT2D eigenvalue weighted by molar-refractivity contribution is 5.52. The lowest BCUT2D eigenvalue weighted by atomic mass is 10.2. The number of aromatic nitrogens is 1. The summed E-state index contributed by atoms with van der Waals surface area (Å²) in [6.45, 7) is 1.30. The smallest absolute Gasteiger partial charge is 0.226 e. The molecule has 4 rings (SSSR count). The summed E-state index contributed by atoms with van der Waals surface area (Å²) in [5, 5.41) is 0. The minimum Gasteiger partial charge on any atom is -0.444 e. The van der Waals surface area contributed by atoms with Crippen LogP contribution in [0, 0.1) is 11.6 Å². The van der Waals surface area contributed by atoms with Crippen LogP contribution >= 0.6 is 0 Å². The summed E-state index contributed by atoms with van der Waals surface area (Å²) in [5.41, 5.74) is 2.36. The first-order valence-corrected chi connectivity index (χ1v) is 8.36. The van der Waals surface area contributed by atoms with Gasteiger partial charge in [0.15, 0.2) is 0 Å². The molecule has 0 amide bonds. The van der Waals surface area contributed by atoms with Crippen molar-refractivity contribution < 1.29 is 13.2 Å². The Morgan fingerprint density at radius 3 is 2.48 bits per heavy atom. The van der Waals surface area contributed by atoms with Crippen molar-refractivity contribution in [1.82, 2.24) is 9.88 Å². The molecule has 0 atom stereocenters. The molecule has 0 N–H and O–H groups in total. The lowest BCUT2D eigenvalue weighted by Gasteiger charge is -2.20. The SMILES string of the molecule is Fc1cccc(CN(Cc2coc(-c3cccc(F)c3)n2)C2CC2)c1. The fraction of sp³-hybridized carbons (Fsp3) is 0.250. The van der Waals surface area contributed by atoms with E-state index < -0.39 is 0 Å². The van der Waals surface area contributed by atoms with Crippen molar-refractivity contribution in [2.75, 3.05) is 0 Å². The first-order chi connectivity index (χ1) is 12.2. The molecule has 1 fully saturated rings. The number of nitrogens with zero attached hydrogens (tertiary/aromatic N) is 2. The molecule has 0 spiro atoms. The zero-order valence-corrected chi connectivity index (χ0v) is 13.7. The Labute approximate surface area is 144 Å². The molecule has 0 bridgehead atoms. The van der Waals surface area contributed by atoms with Crippen LogP contribution in [0.4, 0.5) is 8.78 Å². The van der Waals surface area contributed by atoms with Gasteiger partial charge >= 0.3 is 0 Å². The van der Waals surface area contributed by atoms with Gasteiger partial charge in [0.25, 0.3) is 0 Å². The Kier molecular flexibility index (Phi) is 4.32. The van der Waals surface area contributed by atoms with Crippen molar-refractivity contribution in [2.24, 2.45) is 0 Å². The molecule has 25 heavy (non-hydrogen) atoms. The molecule has 0 radical (unpaired) electrons. The Morgan fingerprint density at radius 2 is 1.76 bits per heavy atom. The normalized spacial score (nSPS) is 14.2. The molecule has 3 nitrogen and oxygen atoms in total. The monoisotopic (exact) mass is 340 g/mol. The van der Waals surface area contributed by atoms with Crippen molar-refractivity contribution in [2.45, 2.75) is 32.0 Å². The zero-order chi connectivity index (χ0) is 17.2. The molecule has 128 valence electrons. The van der Waals surface area contributed by atoms with Gasteiger partial charge in [-0.1, -0.05) is 18.2 Å². The number of hydrogen-bond acceptors (Lipinski definition) is 3. The maximum atomic E-state index is 13.4. The minimum absolute atomic E-state index is 0.219. The van der Waals surface area contributed by atoms with E-state index in [1.807, 2.05) is 6.07 Å². The van der Waals surface area contributed by atoms with Gasteiger partial charge in [0, 0.05) is 24.7 Å². The van der Waals surface area contributed by atoms with Gasteiger partial charge in [0.2, 0.25) is 5.89 Å². The van der Waals surface area contributed by atoms with E-state index in [1.54, 1.807) is 30.5 Å². The summed E-state index contributed by atoms with van der Waals surface area (Å²) in [5.74, 6) is -0.123. The molecule has 3 aromatic rings. The fourth-order valence-electron chi connectivity index (χ4n) is 2.97. The summed E-state index contributed by atoms with van der Waals surface area (Å²) in [4.78, 5) is 6.76. The Morgan fingerprint density at radius 1 is 1.00 bits per heavy atom. The van der Waals surface area contributed by atoms with Gasteiger partial charge in [-0.15, -0.1) is 0 Å². The van der Waals surface area contributed by atoms with Crippen LogP contribution in [0.25, 0.3) is 11.5 Å². The molecule has 2 aromatic carbocycles. The fourth-order valence-corrected chi connectivity index (χ4v) is 2.97. The molecule has 0 unspecified atom stereocenters. The highest BCUT2D eigenvalue weighted by atomic mass is 19.1. The Bertz CT molecular complexity index is 873. The molecular weight excluding hydrogens is 322 g/mol. The minimum atomic E-state index is -0.317. The van der Waals surface area contributed by atoms with Gasteiger partial charge in [-0.2, -0.15) is 0 Å². The van der Waals surface area contributed by atoms with Crippen molar-refractivity contribution in [3.05, 3.63) is 77.7 Å². The van der Waals surface area contributed by atoms with Gasteiger partial charge in [-0.25, -0.2) is 13.8 Å². The van der Waals surface area contributed by atoms with Gasteiger partial charge in [0.05, 0.1) is 5.69 Å². The van der Waals surface area contributed by atoms with Crippen molar-refractivity contribution >= 4 is 0 Å². The quantitative estimate of drug-likeness (QED) is 0.646. The Balaban J connectivity index is 1.49. The van der Waals surface area contributed by atoms with Gasteiger partial charge in [-0.3, -0.25) is 4.90 Å². The Hall–Kier alpha value is -2.53. The van der Waals surface area contributed by atoms with E-state index in [-0.39, 0.29) is 11.6 Å². The van der Waals surface area contributed by atoms with E-state index in [0.717, 1.165) is 24.1 Å². The van der Waals surface area contributed by atoms with Crippen LogP contribution in [0.5, 0.6) is 0 Å². The molecule has 0 aliphatic heterocycles. The van der Waals surface area contributed by atoms with Crippen molar-refractivity contribution in [3.8, 4) is 11.5 Å². The summed E-state index contributed by atoms with van der Waals surface area (Å²) >= 11 is 0.